The molecule has 3 rings (SSSR count). The van der Waals surface area contributed by atoms with E-state index in [0.717, 1.165) is 16.9 Å². The molecule has 0 radical (unpaired) electrons. The van der Waals surface area contributed by atoms with Crippen LogP contribution in [0, 0.1) is 0 Å². The van der Waals surface area contributed by atoms with E-state index in [-0.39, 0.29) is 0 Å². The second kappa shape index (κ2) is 6.67. The Labute approximate surface area is 129 Å². The molecule has 3 heterocycles. The average Bonchev–Trinajstić information content (AvgIpc) is 2.58. The summed E-state index contributed by atoms with van der Waals surface area (Å²) in [7, 11) is 0. The van der Waals surface area contributed by atoms with Crippen LogP contribution < -0.4 is 10.1 Å². The van der Waals surface area contributed by atoms with Crippen molar-refractivity contribution in [1.29, 1.82) is 0 Å². The fourth-order valence-corrected chi connectivity index (χ4v) is 2.05. The first-order valence-electron chi connectivity index (χ1n) is 7.08. The van der Waals surface area contributed by atoms with Gasteiger partial charge in [0.2, 0.25) is 0 Å². The van der Waals surface area contributed by atoms with Crippen LogP contribution in [0.25, 0.3) is 11.1 Å². The fraction of sp³-hybridized carbons (Fsp3) is 0.118. The lowest BCUT2D eigenvalue weighted by Crippen LogP contribution is -2.01. The first kappa shape index (κ1) is 14.0. The summed E-state index contributed by atoms with van der Waals surface area (Å²) in [5.41, 5.74) is 1.96. The van der Waals surface area contributed by atoms with Gasteiger partial charge in [-0.1, -0.05) is 12.1 Å². The molecule has 0 unspecified atom stereocenters. The summed E-state index contributed by atoms with van der Waals surface area (Å²) in [5, 5.41) is 3.17. The van der Waals surface area contributed by atoms with Crippen molar-refractivity contribution in [3.8, 4) is 16.9 Å². The molecule has 0 aromatic carbocycles. The largest absolute Gasteiger partial charge is 0.490 e. The van der Waals surface area contributed by atoms with Gasteiger partial charge in [0.1, 0.15) is 5.82 Å². The molecular weight excluding hydrogens is 276 g/mol. The number of rotatable bonds is 5. The zero-order chi connectivity index (χ0) is 15.2. The van der Waals surface area contributed by atoms with Gasteiger partial charge in [-0.3, -0.25) is 4.98 Å². The molecule has 110 valence electrons. The number of hydrogen-bond donors (Lipinski definition) is 1. The molecule has 3 aromatic rings. The van der Waals surface area contributed by atoms with Crippen molar-refractivity contribution in [3.63, 3.8) is 0 Å². The van der Waals surface area contributed by atoms with Crippen LogP contribution in [-0.4, -0.2) is 21.6 Å². The van der Waals surface area contributed by atoms with E-state index in [4.69, 9.17) is 4.74 Å². The number of nitrogens with one attached hydrogen (secondary N) is 1. The van der Waals surface area contributed by atoms with Crippen molar-refractivity contribution in [3.05, 3.63) is 61.2 Å². The number of nitrogens with zero attached hydrogens (tertiary/aromatic N) is 3. The van der Waals surface area contributed by atoms with Gasteiger partial charge in [-0.2, -0.15) is 0 Å². The normalized spacial score (nSPS) is 10.2. The molecule has 22 heavy (non-hydrogen) atoms. The van der Waals surface area contributed by atoms with Crippen LogP contribution in [0.15, 0.2) is 61.2 Å². The molecule has 5 heteroatoms. The first-order valence-corrected chi connectivity index (χ1v) is 7.08. The van der Waals surface area contributed by atoms with Crippen molar-refractivity contribution in [2.75, 3.05) is 11.9 Å². The van der Waals surface area contributed by atoms with Gasteiger partial charge in [0.05, 0.1) is 6.61 Å². The third-order valence-electron chi connectivity index (χ3n) is 3.06. The number of pyridine rings is 3. The molecule has 0 fully saturated rings. The third kappa shape index (κ3) is 3.20. The topological polar surface area (TPSA) is 59.9 Å². The minimum Gasteiger partial charge on any atom is -0.490 e. The molecular formula is C17H16N4O. The zero-order valence-electron chi connectivity index (χ0n) is 12.2. The minimum absolute atomic E-state index is 0.565. The van der Waals surface area contributed by atoms with Gasteiger partial charge in [0.15, 0.2) is 11.6 Å². The lowest BCUT2D eigenvalue weighted by molar-refractivity contribution is 0.341. The molecule has 0 saturated heterocycles. The molecule has 1 N–H and O–H groups in total. The van der Waals surface area contributed by atoms with Gasteiger partial charge in [-0.15, -0.1) is 0 Å². The highest BCUT2D eigenvalue weighted by atomic mass is 16.5. The second-order valence-electron chi connectivity index (χ2n) is 4.59. The highest BCUT2D eigenvalue weighted by Crippen LogP contribution is 2.29. The maximum atomic E-state index is 5.70. The van der Waals surface area contributed by atoms with E-state index < -0.39 is 0 Å². The van der Waals surface area contributed by atoms with Gasteiger partial charge in [-0.25, -0.2) is 9.97 Å². The Balaban J connectivity index is 1.94. The van der Waals surface area contributed by atoms with Gasteiger partial charge in [0.25, 0.3) is 0 Å². The standard InChI is InChI=1S/C17H16N4O/c1-2-22-15-10-14(13-6-5-8-18-11-13)12-20-17(15)21-16-7-3-4-9-19-16/h3-12H,2H2,1H3,(H,19,20,21). The number of anilines is 2. The second-order valence-corrected chi connectivity index (χ2v) is 4.59. The van der Waals surface area contributed by atoms with Crippen molar-refractivity contribution >= 4 is 11.6 Å². The smallest absolute Gasteiger partial charge is 0.174 e. The van der Waals surface area contributed by atoms with Crippen LogP contribution in [0.3, 0.4) is 0 Å². The van der Waals surface area contributed by atoms with Gasteiger partial charge < -0.3 is 10.1 Å². The minimum atomic E-state index is 0.565. The number of hydrogen-bond acceptors (Lipinski definition) is 5. The summed E-state index contributed by atoms with van der Waals surface area (Å²) in [6.45, 7) is 2.51. The molecule has 3 aromatic heterocycles. The molecule has 0 spiro atoms. The van der Waals surface area contributed by atoms with Crippen LogP contribution in [-0.2, 0) is 0 Å². The predicted octanol–water partition coefficient (Wildman–Crippen LogP) is 3.68. The Morgan fingerprint density at radius 2 is 1.95 bits per heavy atom. The van der Waals surface area contributed by atoms with Crippen molar-refractivity contribution in [1.82, 2.24) is 15.0 Å². The zero-order valence-corrected chi connectivity index (χ0v) is 12.2. The molecule has 0 amide bonds. The Kier molecular flexibility index (Phi) is 4.25. The van der Waals surface area contributed by atoms with Crippen LogP contribution >= 0.6 is 0 Å². The van der Waals surface area contributed by atoms with E-state index in [9.17, 15) is 0 Å². The monoisotopic (exact) mass is 292 g/mol. The lowest BCUT2D eigenvalue weighted by atomic mass is 10.1. The van der Waals surface area contributed by atoms with E-state index in [0.29, 0.717) is 18.2 Å². The van der Waals surface area contributed by atoms with Gasteiger partial charge in [-0.05, 0) is 31.2 Å². The van der Waals surface area contributed by atoms with Crippen LogP contribution in [0.1, 0.15) is 6.92 Å². The summed E-state index contributed by atoms with van der Waals surface area (Å²) >= 11 is 0. The molecule has 0 bridgehead atoms. The number of ether oxygens (including phenoxy) is 1. The highest BCUT2D eigenvalue weighted by Gasteiger charge is 2.09. The van der Waals surface area contributed by atoms with Crippen LogP contribution in [0.4, 0.5) is 11.6 Å². The molecule has 0 aliphatic carbocycles. The molecule has 5 nitrogen and oxygen atoms in total. The maximum Gasteiger partial charge on any atom is 0.174 e. The lowest BCUT2D eigenvalue weighted by Gasteiger charge is -2.12. The van der Waals surface area contributed by atoms with Crippen LogP contribution in [0.5, 0.6) is 5.75 Å². The van der Waals surface area contributed by atoms with E-state index in [1.807, 2.05) is 43.3 Å². The Hall–Kier alpha value is -2.95. The number of aromatic nitrogens is 3. The van der Waals surface area contributed by atoms with Crippen molar-refractivity contribution in [2.45, 2.75) is 6.92 Å². The van der Waals surface area contributed by atoms with Gasteiger partial charge >= 0.3 is 0 Å². The molecule has 0 aliphatic heterocycles. The van der Waals surface area contributed by atoms with Crippen molar-refractivity contribution < 1.29 is 4.74 Å². The Morgan fingerprint density at radius 3 is 2.68 bits per heavy atom. The Morgan fingerprint density at radius 1 is 1.00 bits per heavy atom. The molecule has 0 saturated carbocycles. The van der Waals surface area contributed by atoms with E-state index >= 15 is 0 Å². The van der Waals surface area contributed by atoms with E-state index in [1.165, 1.54) is 0 Å². The molecule has 0 atom stereocenters. The summed E-state index contributed by atoms with van der Waals surface area (Å²) in [4.78, 5) is 12.8. The quantitative estimate of drug-likeness (QED) is 0.777. The summed E-state index contributed by atoms with van der Waals surface area (Å²) in [5.74, 6) is 2.06. The molecule has 0 aliphatic rings. The summed E-state index contributed by atoms with van der Waals surface area (Å²) < 4.78 is 5.70. The van der Waals surface area contributed by atoms with E-state index in [1.54, 1.807) is 24.8 Å². The fourth-order valence-electron chi connectivity index (χ4n) is 2.05. The first-order chi connectivity index (χ1) is 10.9. The third-order valence-corrected chi connectivity index (χ3v) is 3.06. The van der Waals surface area contributed by atoms with Gasteiger partial charge in [0, 0.05) is 35.9 Å². The maximum absolute atomic E-state index is 5.70. The van der Waals surface area contributed by atoms with Crippen LogP contribution in [0.2, 0.25) is 0 Å². The SMILES string of the molecule is CCOc1cc(-c2cccnc2)cnc1Nc1ccccn1. The Bertz CT molecular complexity index is 732. The van der Waals surface area contributed by atoms with Crippen molar-refractivity contribution in [2.24, 2.45) is 0 Å². The highest BCUT2D eigenvalue weighted by molar-refractivity contribution is 5.69. The van der Waals surface area contributed by atoms with E-state index in [2.05, 4.69) is 20.3 Å². The summed E-state index contributed by atoms with van der Waals surface area (Å²) in [6.07, 6.45) is 7.08. The average molecular weight is 292 g/mol. The summed E-state index contributed by atoms with van der Waals surface area (Å²) in [6, 6.07) is 11.5. The predicted molar refractivity (Wildman–Crippen MR) is 86.2 cm³/mol.